The van der Waals surface area contributed by atoms with Crippen LogP contribution < -0.4 is 4.74 Å². The predicted molar refractivity (Wildman–Crippen MR) is 143 cm³/mol. The van der Waals surface area contributed by atoms with Crippen LogP contribution in [0.3, 0.4) is 0 Å². The first-order chi connectivity index (χ1) is 18.7. The molecule has 3 fully saturated rings. The zero-order valence-corrected chi connectivity index (χ0v) is 22.5. The van der Waals surface area contributed by atoms with Crippen molar-refractivity contribution in [3.8, 4) is 17.0 Å². The lowest BCUT2D eigenvalue weighted by Crippen LogP contribution is -2.48. The van der Waals surface area contributed by atoms with Crippen LogP contribution in [0.1, 0.15) is 63.2 Å². The molecule has 3 heterocycles. The van der Waals surface area contributed by atoms with Gasteiger partial charge in [-0.3, -0.25) is 4.90 Å². The van der Waals surface area contributed by atoms with Crippen molar-refractivity contribution in [1.82, 2.24) is 14.8 Å². The molecule has 214 valence electrons. The van der Waals surface area contributed by atoms with Crippen LogP contribution in [0.15, 0.2) is 42.6 Å². The van der Waals surface area contributed by atoms with Gasteiger partial charge in [0.1, 0.15) is 6.23 Å². The van der Waals surface area contributed by atoms with E-state index in [1.54, 1.807) is 6.20 Å². The van der Waals surface area contributed by atoms with Crippen LogP contribution in [0.5, 0.6) is 5.88 Å². The molecule has 2 N–H and O–H groups in total. The van der Waals surface area contributed by atoms with Crippen LogP contribution in [0.4, 0.5) is 13.2 Å². The third-order valence-corrected chi connectivity index (χ3v) is 8.91. The summed E-state index contributed by atoms with van der Waals surface area (Å²) < 4.78 is 47.2. The monoisotopic (exact) mass is 547 g/mol. The van der Waals surface area contributed by atoms with Crippen molar-refractivity contribution >= 4 is 0 Å². The molecule has 1 aromatic heterocycles. The number of pyridine rings is 1. The molecule has 1 aromatic carbocycles. The molecule has 9 heteroatoms. The quantitative estimate of drug-likeness (QED) is 0.461. The Kier molecular flexibility index (Phi) is 8.81. The molecule has 39 heavy (non-hydrogen) atoms. The maximum Gasteiger partial charge on any atom is 0.395 e. The number of aromatic nitrogens is 1. The zero-order chi connectivity index (χ0) is 27.5. The Balaban J connectivity index is 1.08. The molecule has 6 nitrogen and oxygen atoms in total. The topological polar surface area (TPSA) is 69.1 Å². The van der Waals surface area contributed by atoms with Gasteiger partial charge in [0.15, 0.2) is 0 Å². The summed E-state index contributed by atoms with van der Waals surface area (Å²) in [6, 6.07) is 11.5. The SMILES string of the molecule is OC(c1ccc(-c2ccc(OCC3CCN(CC4(C(F)(F)F)CCCC4)CC3)nc2)cc1)N1CCC[C@@H](O)C1. The second-order valence-corrected chi connectivity index (χ2v) is 11.7. The first-order valence-electron chi connectivity index (χ1n) is 14.3. The maximum absolute atomic E-state index is 13.8. The predicted octanol–water partition coefficient (Wildman–Crippen LogP) is 5.41. The Labute approximate surface area is 228 Å². The molecule has 0 bridgehead atoms. The largest absolute Gasteiger partial charge is 0.477 e. The summed E-state index contributed by atoms with van der Waals surface area (Å²) >= 11 is 0. The van der Waals surface area contributed by atoms with Crippen molar-refractivity contribution in [2.45, 2.75) is 69.9 Å². The summed E-state index contributed by atoms with van der Waals surface area (Å²) in [7, 11) is 0. The fourth-order valence-corrected chi connectivity index (χ4v) is 6.43. The van der Waals surface area contributed by atoms with Gasteiger partial charge in [0, 0.05) is 37.5 Å². The van der Waals surface area contributed by atoms with Gasteiger partial charge in [-0.2, -0.15) is 13.2 Å². The van der Waals surface area contributed by atoms with Gasteiger partial charge in [-0.25, -0.2) is 4.98 Å². The van der Waals surface area contributed by atoms with Crippen LogP contribution in [0.2, 0.25) is 0 Å². The number of aliphatic hydroxyl groups is 2. The Hall–Kier alpha value is -2.20. The smallest absolute Gasteiger partial charge is 0.395 e. The lowest BCUT2D eigenvalue weighted by Gasteiger charge is -2.40. The summed E-state index contributed by atoms with van der Waals surface area (Å²) in [5.74, 6) is 0.854. The summed E-state index contributed by atoms with van der Waals surface area (Å²) in [6.07, 6.45) is 1.71. The van der Waals surface area contributed by atoms with E-state index in [1.807, 2.05) is 46.2 Å². The first-order valence-corrected chi connectivity index (χ1v) is 14.3. The minimum absolute atomic E-state index is 0.133. The van der Waals surface area contributed by atoms with Gasteiger partial charge in [-0.1, -0.05) is 37.1 Å². The highest BCUT2D eigenvalue weighted by Crippen LogP contribution is 2.51. The van der Waals surface area contributed by atoms with Crippen molar-refractivity contribution in [2.75, 3.05) is 39.3 Å². The highest BCUT2D eigenvalue weighted by molar-refractivity contribution is 5.63. The van der Waals surface area contributed by atoms with Crippen molar-refractivity contribution < 1.29 is 28.1 Å². The number of likely N-dealkylation sites (tertiary alicyclic amines) is 2. The molecule has 1 aliphatic carbocycles. The number of hydrogen-bond acceptors (Lipinski definition) is 6. The number of rotatable bonds is 8. The number of aliphatic hydroxyl groups excluding tert-OH is 2. The van der Waals surface area contributed by atoms with Crippen molar-refractivity contribution in [1.29, 1.82) is 0 Å². The van der Waals surface area contributed by atoms with Gasteiger partial charge in [0.05, 0.1) is 18.1 Å². The van der Waals surface area contributed by atoms with Crippen LogP contribution in [-0.2, 0) is 0 Å². The molecule has 3 aliphatic rings. The average molecular weight is 548 g/mol. The second-order valence-electron chi connectivity index (χ2n) is 11.7. The lowest BCUT2D eigenvalue weighted by molar-refractivity contribution is -0.228. The van der Waals surface area contributed by atoms with E-state index in [0.29, 0.717) is 50.9 Å². The molecule has 2 aliphatic heterocycles. The molecule has 2 aromatic rings. The molecule has 5 rings (SSSR count). The third-order valence-electron chi connectivity index (χ3n) is 8.91. The Morgan fingerprint density at radius 1 is 0.949 bits per heavy atom. The lowest BCUT2D eigenvalue weighted by atomic mass is 9.83. The number of alkyl halides is 3. The number of halogens is 3. The van der Waals surface area contributed by atoms with Crippen LogP contribution >= 0.6 is 0 Å². The van der Waals surface area contributed by atoms with Crippen LogP contribution in [0, 0.1) is 11.3 Å². The van der Waals surface area contributed by atoms with Crippen LogP contribution in [0.25, 0.3) is 11.1 Å². The highest BCUT2D eigenvalue weighted by Gasteiger charge is 2.56. The zero-order valence-electron chi connectivity index (χ0n) is 22.5. The molecular formula is C30H40F3N3O3. The molecule has 1 saturated carbocycles. The minimum atomic E-state index is -4.12. The van der Waals surface area contributed by atoms with Gasteiger partial charge in [-0.05, 0) is 74.7 Å². The van der Waals surface area contributed by atoms with E-state index in [9.17, 15) is 23.4 Å². The minimum Gasteiger partial charge on any atom is -0.477 e. The normalized spacial score (nSPS) is 24.1. The molecule has 2 saturated heterocycles. The molecule has 0 radical (unpaired) electrons. The first kappa shape index (κ1) is 28.3. The number of piperidine rings is 2. The Bertz CT molecular complexity index is 1050. The summed E-state index contributed by atoms with van der Waals surface area (Å²) in [6.45, 7) is 3.26. The average Bonchev–Trinajstić information content (AvgIpc) is 3.43. The summed E-state index contributed by atoms with van der Waals surface area (Å²) in [5, 5.41) is 20.6. The molecular weight excluding hydrogens is 507 g/mol. The summed E-state index contributed by atoms with van der Waals surface area (Å²) in [5.41, 5.74) is 1.20. The van der Waals surface area contributed by atoms with Crippen molar-refractivity contribution in [2.24, 2.45) is 11.3 Å². The molecule has 0 amide bonds. The van der Waals surface area contributed by atoms with E-state index in [4.69, 9.17) is 4.74 Å². The summed E-state index contributed by atoms with van der Waals surface area (Å²) in [4.78, 5) is 8.36. The number of benzene rings is 1. The van der Waals surface area contributed by atoms with Crippen LogP contribution in [-0.4, -0.2) is 76.6 Å². The number of β-amino-alcohol motifs (C(OH)–C–C–N with tert-alkyl or cyclic N) is 1. The maximum atomic E-state index is 13.8. The Morgan fingerprint density at radius 3 is 2.26 bits per heavy atom. The molecule has 0 spiro atoms. The fourth-order valence-electron chi connectivity index (χ4n) is 6.43. The van der Waals surface area contributed by atoms with E-state index in [1.165, 1.54) is 0 Å². The van der Waals surface area contributed by atoms with Gasteiger partial charge < -0.3 is 19.8 Å². The van der Waals surface area contributed by atoms with Crippen molar-refractivity contribution in [3.05, 3.63) is 48.2 Å². The Morgan fingerprint density at radius 2 is 1.64 bits per heavy atom. The molecule has 2 atom stereocenters. The van der Waals surface area contributed by atoms with Crippen molar-refractivity contribution in [3.63, 3.8) is 0 Å². The van der Waals surface area contributed by atoms with E-state index >= 15 is 0 Å². The third kappa shape index (κ3) is 6.76. The number of hydrogen-bond donors (Lipinski definition) is 2. The van der Waals surface area contributed by atoms with Gasteiger partial charge in [0.2, 0.25) is 5.88 Å². The van der Waals surface area contributed by atoms with Gasteiger partial charge >= 0.3 is 6.18 Å². The van der Waals surface area contributed by atoms with Gasteiger partial charge in [0.25, 0.3) is 0 Å². The fraction of sp³-hybridized carbons (Fsp3) is 0.633. The number of ether oxygens (including phenoxy) is 1. The number of nitrogens with zero attached hydrogens (tertiary/aromatic N) is 3. The van der Waals surface area contributed by atoms with E-state index in [0.717, 1.165) is 48.9 Å². The van der Waals surface area contributed by atoms with Gasteiger partial charge in [-0.15, -0.1) is 0 Å². The standard InChI is InChI=1S/C30H40F3N3O3/c31-30(32,33)29(13-1-2-14-29)21-35-16-11-22(12-17-35)20-39-27-10-9-25(18-34-27)23-5-7-24(8-6-23)28(38)36-15-3-4-26(37)19-36/h5-10,18,22,26,28,37-38H,1-4,11-17,19-21H2/t26-,28?/m1/s1. The highest BCUT2D eigenvalue weighted by atomic mass is 19.4. The second kappa shape index (κ2) is 12.1. The van der Waals surface area contributed by atoms with E-state index in [2.05, 4.69) is 4.98 Å². The molecule has 1 unspecified atom stereocenters. The van der Waals surface area contributed by atoms with E-state index in [-0.39, 0.29) is 25.5 Å². The van der Waals surface area contributed by atoms with E-state index < -0.39 is 17.8 Å².